The van der Waals surface area contributed by atoms with Crippen molar-refractivity contribution in [3.63, 3.8) is 0 Å². The molecule has 5 heteroatoms. The number of aryl methyl sites for hydroxylation is 1. The number of thioether (sulfide) groups is 1. The van der Waals surface area contributed by atoms with Crippen molar-refractivity contribution < 1.29 is 9.63 Å². The van der Waals surface area contributed by atoms with Crippen LogP contribution >= 0.6 is 27.7 Å². The summed E-state index contributed by atoms with van der Waals surface area (Å²) in [5, 5.41) is 0. The van der Waals surface area contributed by atoms with Gasteiger partial charge in [0.05, 0.1) is 11.9 Å². The minimum absolute atomic E-state index is 0.0702. The summed E-state index contributed by atoms with van der Waals surface area (Å²) in [5.74, 6) is 0.314. The molecule has 3 nitrogen and oxygen atoms in total. The molecule has 1 aliphatic rings. The second-order valence-corrected chi connectivity index (χ2v) is 6.68. The molecule has 1 fully saturated rings. The van der Waals surface area contributed by atoms with E-state index in [-0.39, 0.29) is 12.0 Å². The first-order valence-corrected chi connectivity index (χ1v) is 8.26. The summed E-state index contributed by atoms with van der Waals surface area (Å²) in [4.78, 5) is 18.2. The highest BCUT2D eigenvalue weighted by Gasteiger charge is 2.16. The van der Waals surface area contributed by atoms with Crippen LogP contribution in [0, 0.1) is 6.92 Å². The van der Waals surface area contributed by atoms with Crippen molar-refractivity contribution in [1.82, 2.24) is 5.48 Å². The number of rotatable bonds is 5. The molecule has 0 atom stereocenters. The molecular weight excluding hydrogens is 326 g/mol. The summed E-state index contributed by atoms with van der Waals surface area (Å²) < 4.78 is 1.06. The van der Waals surface area contributed by atoms with E-state index in [1.807, 2.05) is 19.1 Å². The average Bonchev–Trinajstić information content (AvgIpc) is 2.88. The van der Waals surface area contributed by atoms with Crippen LogP contribution < -0.4 is 5.48 Å². The van der Waals surface area contributed by atoms with Gasteiger partial charge in [-0.05, 0) is 43.5 Å². The lowest BCUT2D eigenvalue weighted by Crippen LogP contribution is -2.29. The number of carbonyl (C=O) groups excluding carboxylic acids is 1. The largest absolute Gasteiger partial charge is 0.272 e. The molecule has 0 unspecified atom stereocenters. The van der Waals surface area contributed by atoms with Crippen LogP contribution in [0.4, 0.5) is 0 Å². The molecule has 1 aromatic carbocycles. The van der Waals surface area contributed by atoms with Crippen LogP contribution in [0.25, 0.3) is 0 Å². The third-order valence-electron chi connectivity index (χ3n) is 3.14. The molecule has 1 aromatic rings. The Hall–Kier alpha value is -0.520. The zero-order chi connectivity index (χ0) is 13.7. The number of benzene rings is 1. The zero-order valence-corrected chi connectivity index (χ0v) is 13.4. The first kappa shape index (κ1) is 14.9. The Labute approximate surface area is 126 Å². The van der Waals surface area contributed by atoms with Crippen molar-refractivity contribution >= 4 is 33.6 Å². The molecule has 2 rings (SSSR count). The van der Waals surface area contributed by atoms with Crippen LogP contribution in [0.15, 0.2) is 27.6 Å². The van der Waals surface area contributed by atoms with Gasteiger partial charge in [0.2, 0.25) is 0 Å². The molecule has 104 valence electrons. The van der Waals surface area contributed by atoms with E-state index in [0.29, 0.717) is 5.75 Å². The van der Waals surface area contributed by atoms with Gasteiger partial charge in [0.15, 0.2) is 0 Å². The number of hydroxylamine groups is 1. The van der Waals surface area contributed by atoms with Crippen molar-refractivity contribution in [3.8, 4) is 0 Å². The highest BCUT2D eigenvalue weighted by Crippen LogP contribution is 2.25. The SMILES string of the molecule is Cc1cc(Br)ccc1SCC(=O)NOC1CCCC1. The Bertz CT molecular complexity index is 447. The van der Waals surface area contributed by atoms with Gasteiger partial charge in [0.1, 0.15) is 0 Å². The molecule has 0 aliphatic heterocycles. The quantitative estimate of drug-likeness (QED) is 0.652. The van der Waals surface area contributed by atoms with Crippen molar-refractivity contribution in [1.29, 1.82) is 0 Å². The summed E-state index contributed by atoms with van der Waals surface area (Å²) in [6.07, 6.45) is 4.72. The van der Waals surface area contributed by atoms with Gasteiger partial charge >= 0.3 is 0 Å². The van der Waals surface area contributed by atoms with E-state index >= 15 is 0 Å². The minimum atomic E-state index is -0.0702. The lowest BCUT2D eigenvalue weighted by molar-refractivity contribution is -0.135. The molecule has 1 aliphatic carbocycles. The zero-order valence-electron chi connectivity index (χ0n) is 10.9. The predicted molar refractivity (Wildman–Crippen MR) is 81.1 cm³/mol. The molecule has 1 saturated carbocycles. The molecule has 19 heavy (non-hydrogen) atoms. The van der Waals surface area contributed by atoms with Crippen molar-refractivity contribution in [2.24, 2.45) is 0 Å². The van der Waals surface area contributed by atoms with E-state index < -0.39 is 0 Å². The molecular formula is C14H18BrNO2S. The van der Waals surface area contributed by atoms with Crippen LogP contribution in [-0.4, -0.2) is 17.8 Å². The van der Waals surface area contributed by atoms with Crippen molar-refractivity contribution in [2.45, 2.75) is 43.6 Å². The monoisotopic (exact) mass is 343 g/mol. The van der Waals surface area contributed by atoms with Crippen LogP contribution in [-0.2, 0) is 9.63 Å². The number of hydrogen-bond donors (Lipinski definition) is 1. The molecule has 0 heterocycles. The summed E-state index contributed by atoms with van der Waals surface area (Å²) in [6, 6.07) is 6.06. The fourth-order valence-electron chi connectivity index (χ4n) is 2.10. The maximum absolute atomic E-state index is 11.7. The van der Waals surface area contributed by atoms with Crippen LogP contribution in [0.2, 0.25) is 0 Å². The summed E-state index contributed by atoms with van der Waals surface area (Å²) in [5.41, 5.74) is 3.73. The maximum atomic E-state index is 11.7. The van der Waals surface area contributed by atoms with E-state index in [9.17, 15) is 4.79 Å². The molecule has 0 aromatic heterocycles. The van der Waals surface area contributed by atoms with Crippen LogP contribution in [0.5, 0.6) is 0 Å². The minimum Gasteiger partial charge on any atom is -0.272 e. The summed E-state index contributed by atoms with van der Waals surface area (Å²) in [7, 11) is 0. The van der Waals surface area contributed by atoms with Crippen molar-refractivity contribution in [3.05, 3.63) is 28.2 Å². The van der Waals surface area contributed by atoms with Gasteiger partial charge in [0, 0.05) is 9.37 Å². The smallest absolute Gasteiger partial charge is 0.253 e. The highest BCUT2D eigenvalue weighted by atomic mass is 79.9. The Morgan fingerprint density at radius 3 is 2.89 bits per heavy atom. The van der Waals surface area contributed by atoms with Gasteiger partial charge in [-0.15, -0.1) is 11.8 Å². The average molecular weight is 344 g/mol. The van der Waals surface area contributed by atoms with E-state index in [1.54, 1.807) is 0 Å². The fraction of sp³-hybridized carbons (Fsp3) is 0.500. The first-order valence-electron chi connectivity index (χ1n) is 6.48. The fourth-order valence-corrected chi connectivity index (χ4v) is 3.37. The predicted octanol–water partition coefficient (Wildman–Crippen LogP) is 3.84. The molecule has 0 bridgehead atoms. The molecule has 1 N–H and O–H groups in total. The Kier molecular flexibility index (Phi) is 5.73. The number of amides is 1. The first-order chi connectivity index (χ1) is 9.15. The second-order valence-electron chi connectivity index (χ2n) is 4.75. The maximum Gasteiger partial charge on any atom is 0.253 e. The second kappa shape index (κ2) is 7.31. The van der Waals surface area contributed by atoms with E-state index in [1.165, 1.54) is 30.2 Å². The summed E-state index contributed by atoms with van der Waals surface area (Å²) >= 11 is 4.96. The van der Waals surface area contributed by atoms with Gasteiger partial charge in [-0.25, -0.2) is 5.48 Å². The standard InChI is InChI=1S/C14H18BrNO2S/c1-10-8-11(15)6-7-13(10)19-9-14(17)16-18-12-4-2-3-5-12/h6-8,12H,2-5,9H2,1H3,(H,16,17). The lowest BCUT2D eigenvalue weighted by Gasteiger charge is -2.11. The Balaban J connectivity index is 1.73. The van der Waals surface area contributed by atoms with Gasteiger partial charge < -0.3 is 0 Å². The van der Waals surface area contributed by atoms with Crippen LogP contribution in [0.1, 0.15) is 31.2 Å². The normalized spacial score (nSPS) is 15.7. The molecule has 0 radical (unpaired) electrons. The Morgan fingerprint density at radius 1 is 1.47 bits per heavy atom. The number of carbonyl (C=O) groups is 1. The Morgan fingerprint density at radius 2 is 2.21 bits per heavy atom. The van der Waals surface area contributed by atoms with Gasteiger partial charge in [0.25, 0.3) is 5.91 Å². The number of nitrogens with one attached hydrogen (secondary N) is 1. The van der Waals surface area contributed by atoms with E-state index in [4.69, 9.17) is 4.84 Å². The number of hydrogen-bond acceptors (Lipinski definition) is 3. The topological polar surface area (TPSA) is 38.3 Å². The van der Waals surface area contributed by atoms with Gasteiger partial charge in [-0.2, -0.15) is 0 Å². The molecule has 1 amide bonds. The van der Waals surface area contributed by atoms with E-state index in [2.05, 4.69) is 27.5 Å². The third kappa shape index (κ3) is 4.82. The number of halogens is 1. The van der Waals surface area contributed by atoms with E-state index in [0.717, 1.165) is 22.2 Å². The van der Waals surface area contributed by atoms with Crippen LogP contribution in [0.3, 0.4) is 0 Å². The summed E-state index contributed by atoms with van der Waals surface area (Å²) in [6.45, 7) is 2.04. The van der Waals surface area contributed by atoms with Gasteiger partial charge in [-0.3, -0.25) is 9.63 Å². The van der Waals surface area contributed by atoms with Crippen molar-refractivity contribution in [2.75, 3.05) is 5.75 Å². The molecule has 0 saturated heterocycles. The molecule has 0 spiro atoms. The lowest BCUT2D eigenvalue weighted by atomic mass is 10.2. The van der Waals surface area contributed by atoms with Gasteiger partial charge in [-0.1, -0.05) is 28.8 Å². The third-order valence-corrected chi connectivity index (χ3v) is 4.81. The highest BCUT2D eigenvalue weighted by molar-refractivity contribution is 9.10.